The molecule has 0 aromatic heterocycles. The second-order valence-corrected chi connectivity index (χ2v) is 6.02. The zero-order chi connectivity index (χ0) is 7.80. The number of hydrogen-bond acceptors (Lipinski definition) is 0. The number of rotatable bonds is 0. The summed E-state index contributed by atoms with van der Waals surface area (Å²) < 4.78 is -0.400. The van der Waals surface area contributed by atoms with E-state index in [1.807, 2.05) is 0 Å². The zero-order valence-electron chi connectivity index (χ0n) is 5.93. The van der Waals surface area contributed by atoms with Gasteiger partial charge in [0.05, 0.1) is 0 Å². The first-order valence-electron chi connectivity index (χ1n) is 4.16. The van der Waals surface area contributed by atoms with Gasteiger partial charge in [-0.15, -0.1) is 34.8 Å². The van der Waals surface area contributed by atoms with Gasteiger partial charge in [0.25, 0.3) is 0 Å². The molecule has 0 N–H and O–H groups in total. The summed E-state index contributed by atoms with van der Waals surface area (Å²) in [5.41, 5.74) is 0. The number of halogens is 3. The van der Waals surface area contributed by atoms with E-state index in [0.717, 1.165) is 5.92 Å². The quantitative estimate of drug-likeness (QED) is 0.540. The highest BCUT2D eigenvalue weighted by atomic mass is 35.5. The standard InChI is InChI=1S/C8H9Cl3/c9-7-3-1-2-4-6(5(3)7)8(4,10)11/h3-7H,1-2H2. The van der Waals surface area contributed by atoms with Crippen LogP contribution in [0.1, 0.15) is 12.8 Å². The van der Waals surface area contributed by atoms with Gasteiger partial charge in [-0.3, -0.25) is 0 Å². The Morgan fingerprint density at radius 2 is 1.91 bits per heavy atom. The second kappa shape index (κ2) is 1.86. The van der Waals surface area contributed by atoms with Crippen LogP contribution in [0.25, 0.3) is 0 Å². The van der Waals surface area contributed by atoms with Crippen molar-refractivity contribution in [1.29, 1.82) is 0 Å². The molecule has 0 aromatic rings. The smallest absolute Gasteiger partial charge is 0.122 e. The Bertz CT molecular complexity index is 213. The Morgan fingerprint density at radius 1 is 1.18 bits per heavy atom. The van der Waals surface area contributed by atoms with E-state index in [1.165, 1.54) is 12.8 Å². The Kier molecular flexibility index (Phi) is 1.23. The number of alkyl halides is 3. The van der Waals surface area contributed by atoms with E-state index in [1.54, 1.807) is 0 Å². The van der Waals surface area contributed by atoms with Gasteiger partial charge in [0.2, 0.25) is 0 Å². The van der Waals surface area contributed by atoms with Crippen LogP contribution in [-0.2, 0) is 0 Å². The van der Waals surface area contributed by atoms with Crippen molar-refractivity contribution in [1.82, 2.24) is 0 Å². The lowest BCUT2D eigenvalue weighted by atomic mass is 10.0. The van der Waals surface area contributed by atoms with Crippen molar-refractivity contribution < 1.29 is 0 Å². The highest BCUT2D eigenvalue weighted by Gasteiger charge is 2.75. The van der Waals surface area contributed by atoms with Crippen molar-refractivity contribution in [2.75, 3.05) is 0 Å². The van der Waals surface area contributed by atoms with Gasteiger partial charge in [-0.05, 0) is 30.6 Å². The Labute approximate surface area is 81.2 Å². The molecule has 3 heteroatoms. The summed E-state index contributed by atoms with van der Waals surface area (Å²) in [5, 5.41) is 0.393. The van der Waals surface area contributed by atoms with Crippen LogP contribution in [-0.4, -0.2) is 9.71 Å². The van der Waals surface area contributed by atoms with Gasteiger partial charge in [-0.2, -0.15) is 0 Å². The van der Waals surface area contributed by atoms with E-state index in [0.29, 0.717) is 23.1 Å². The van der Waals surface area contributed by atoms with Crippen molar-refractivity contribution in [3.05, 3.63) is 0 Å². The van der Waals surface area contributed by atoms with Gasteiger partial charge < -0.3 is 0 Å². The normalized spacial score (nSPS) is 63.0. The zero-order valence-corrected chi connectivity index (χ0v) is 8.20. The third kappa shape index (κ3) is 0.745. The molecule has 62 valence electrons. The molecule has 11 heavy (non-hydrogen) atoms. The van der Waals surface area contributed by atoms with Crippen molar-refractivity contribution >= 4 is 34.8 Å². The maximum absolute atomic E-state index is 6.11. The summed E-state index contributed by atoms with van der Waals surface area (Å²) in [6.45, 7) is 0. The molecule has 0 bridgehead atoms. The first-order valence-corrected chi connectivity index (χ1v) is 5.35. The van der Waals surface area contributed by atoms with Gasteiger partial charge in [-0.25, -0.2) is 0 Å². The molecule has 0 radical (unpaired) electrons. The summed E-state index contributed by atoms with van der Waals surface area (Å²) >= 11 is 18.3. The van der Waals surface area contributed by atoms with Crippen molar-refractivity contribution in [2.24, 2.45) is 23.7 Å². The van der Waals surface area contributed by atoms with Gasteiger partial charge in [0, 0.05) is 11.3 Å². The fourth-order valence-corrected chi connectivity index (χ4v) is 4.37. The average molecular weight is 212 g/mol. The average Bonchev–Trinajstić information content (AvgIpc) is 2.75. The first kappa shape index (κ1) is 7.29. The minimum absolute atomic E-state index is 0.393. The Morgan fingerprint density at radius 3 is 2.55 bits per heavy atom. The summed E-state index contributed by atoms with van der Waals surface area (Å²) in [5.74, 6) is 2.51. The molecular weight excluding hydrogens is 202 g/mol. The molecule has 3 saturated carbocycles. The monoisotopic (exact) mass is 210 g/mol. The molecule has 5 atom stereocenters. The third-order valence-electron chi connectivity index (χ3n) is 3.62. The van der Waals surface area contributed by atoms with E-state index in [2.05, 4.69) is 0 Å². The predicted molar refractivity (Wildman–Crippen MR) is 47.3 cm³/mol. The lowest BCUT2D eigenvalue weighted by molar-refractivity contribution is 0.456. The molecule has 3 aliphatic carbocycles. The summed E-state index contributed by atoms with van der Waals surface area (Å²) in [4.78, 5) is 0. The van der Waals surface area contributed by atoms with Crippen molar-refractivity contribution in [2.45, 2.75) is 22.6 Å². The number of hydrogen-bond donors (Lipinski definition) is 0. The highest BCUT2D eigenvalue weighted by molar-refractivity contribution is 6.51. The van der Waals surface area contributed by atoms with E-state index in [-0.39, 0.29) is 0 Å². The fraction of sp³-hybridized carbons (Fsp3) is 1.00. The van der Waals surface area contributed by atoms with Gasteiger partial charge in [-0.1, -0.05) is 0 Å². The highest BCUT2D eigenvalue weighted by Crippen LogP contribution is 2.75. The van der Waals surface area contributed by atoms with Crippen LogP contribution in [0.5, 0.6) is 0 Å². The van der Waals surface area contributed by atoms with Crippen LogP contribution in [0.2, 0.25) is 0 Å². The summed E-state index contributed by atoms with van der Waals surface area (Å²) in [6, 6.07) is 0. The maximum atomic E-state index is 6.11. The minimum atomic E-state index is -0.400. The van der Waals surface area contributed by atoms with E-state index >= 15 is 0 Å². The van der Waals surface area contributed by atoms with Crippen LogP contribution in [0.3, 0.4) is 0 Å². The largest absolute Gasteiger partial charge is 0.125 e. The molecule has 0 heterocycles. The molecule has 0 amide bonds. The molecule has 0 aliphatic heterocycles. The molecule has 5 unspecified atom stereocenters. The second-order valence-electron chi connectivity index (χ2n) is 4.07. The van der Waals surface area contributed by atoms with Crippen LogP contribution in [0.4, 0.5) is 0 Å². The predicted octanol–water partition coefficient (Wildman–Crippen LogP) is 3.05. The number of fused-ring (bicyclic) bond motifs is 3. The maximum Gasteiger partial charge on any atom is 0.125 e. The molecule has 0 spiro atoms. The van der Waals surface area contributed by atoms with E-state index < -0.39 is 4.33 Å². The SMILES string of the molecule is ClC1C2CCC3C(C12)C3(Cl)Cl. The summed E-state index contributed by atoms with van der Waals surface area (Å²) in [6.07, 6.45) is 2.45. The molecule has 3 rings (SSSR count). The lowest BCUT2D eigenvalue weighted by Crippen LogP contribution is -1.96. The van der Waals surface area contributed by atoms with E-state index in [9.17, 15) is 0 Å². The molecule has 0 aromatic carbocycles. The minimum Gasteiger partial charge on any atom is -0.122 e. The van der Waals surface area contributed by atoms with Gasteiger partial charge in [0.15, 0.2) is 0 Å². The van der Waals surface area contributed by atoms with Crippen LogP contribution in [0.15, 0.2) is 0 Å². The summed E-state index contributed by atoms with van der Waals surface area (Å²) in [7, 11) is 0. The Hall–Kier alpha value is 0.870. The fourth-order valence-electron chi connectivity index (χ4n) is 2.86. The van der Waals surface area contributed by atoms with Gasteiger partial charge >= 0.3 is 0 Å². The molecule has 3 aliphatic rings. The van der Waals surface area contributed by atoms with Crippen molar-refractivity contribution in [3.63, 3.8) is 0 Å². The van der Waals surface area contributed by atoms with Crippen LogP contribution >= 0.6 is 34.8 Å². The molecule has 0 nitrogen and oxygen atoms in total. The van der Waals surface area contributed by atoms with Crippen molar-refractivity contribution in [3.8, 4) is 0 Å². The van der Waals surface area contributed by atoms with Crippen LogP contribution < -0.4 is 0 Å². The van der Waals surface area contributed by atoms with E-state index in [4.69, 9.17) is 34.8 Å². The Balaban J connectivity index is 1.87. The topological polar surface area (TPSA) is 0 Å². The first-order chi connectivity index (χ1) is 5.14. The third-order valence-corrected chi connectivity index (χ3v) is 5.30. The van der Waals surface area contributed by atoms with Gasteiger partial charge in [0.1, 0.15) is 4.33 Å². The molecular formula is C8H9Cl3. The molecule has 3 fully saturated rings. The molecule has 0 saturated heterocycles. The lowest BCUT2D eigenvalue weighted by Gasteiger charge is -2.02. The van der Waals surface area contributed by atoms with Crippen LogP contribution in [0, 0.1) is 23.7 Å².